The number of nitrogens with one attached hydrogen (secondary N) is 1. The summed E-state index contributed by atoms with van der Waals surface area (Å²) in [6.45, 7) is 4.72. The van der Waals surface area contributed by atoms with Gasteiger partial charge in [-0.2, -0.15) is 0 Å². The Bertz CT molecular complexity index is 557. The van der Waals surface area contributed by atoms with E-state index in [9.17, 15) is 9.59 Å². The molecule has 7 nitrogen and oxygen atoms in total. The summed E-state index contributed by atoms with van der Waals surface area (Å²) in [6, 6.07) is 3.28. The SMILES string of the molecule is CC(C)(C)OC(=O)N[C@@H](COc1ccc(Cl)cc1N)C(=O)O. The molecule has 0 aliphatic rings. The first-order chi connectivity index (χ1) is 10.1. The number of carbonyl (C=O) groups is 2. The summed E-state index contributed by atoms with van der Waals surface area (Å²) in [5, 5.41) is 11.8. The number of benzene rings is 1. The highest BCUT2D eigenvalue weighted by Crippen LogP contribution is 2.24. The zero-order chi connectivity index (χ0) is 16.9. The monoisotopic (exact) mass is 330 g/mol. The van der Waals surface area contributed by atoms with Crippen LogP contribution in [0.15, 0.2) is 18.2 Å². The second kappa shape index (κ2) is 7.22. The summed E-state index contributed by atoms with van der Waals surface area (Å²) in [6.07, 6.45) is -0.840. The van der Waals surface area contributed by atoms with Gasteiger partial charge >= 0.3 is 12.1 Å². The maximum atomic E-state index is 11.6. The number of ether oxygens (including phenoxy) is 2. The molecular formula is C14H19ClN2O5. The maximum absolute atomic E-state index is 11.6. The predicted octanol–water partition coefficient (Wildman–Crippen LogP) is 2.28. The van der Waals surface area contributed by atoms with E-state index in [2.05, 4.69) is 5.32 Å². The number of carboxylic acids is 1. The van der Waals surface area contributed by atoms with E-state index >= 15 is 0 Å². The number of nitrogens with two attached hydrogens (primary N) is 1. The Balaban J connectivity index is 2.65. The third-order valence-electron chi connectivity index (χ3n) is 2.37. The van der Waals surface area contributed by atoms with Crippen molar-refractivity contribution in [1.82, 2.24) is 5.32 Å². The zero-order valence-electron chi connectivity index (χ0n) is 12.6. The largest absolute Gasteiger partial charge is 0.489 e. The average Bonchev–Trinajstić information content (AvgIpc) is 2.33. The fourth-order valence-electron chi connectivity index (χ4n) is 1.45. The van der Waals surface area contributed by atoms with Gasteiger partial charge in [-0.15, -0.1) is 0 Å². The van der Waals surface area contributed by atoms with E-state index in [1.807, 2.05) is 0 Å². The fraction of sp³-hybridized carbons (Fsp3) is 0.429. The van der Waals surface area contributed by atoms with Gasteiger partial charge in [0.15, 0.2) is 6.04 Å². The van der Waals surface area contributed by atoms with Crippen LogP contribution in [-0.4, -0.2) is 35.4 Å². The molecule has 0 unspecified atom stereocenters. The van der Waals surface area contributed by atoms with Crippen molar-refractivity contribution in [2.24, 2.45) is 0 Å². The molecule has 0 aliphatic carbocycles. The van der Waals surface area contributed by atoms with Gasteiger partial charge in [-0.3, -0.25) is 0 Å². The maximum Gasteiger partial charge on any atom is 0.408 e. The number of nitrogen functional groups attached to an aromatic ring is 1. The molecule has 4 N–H and O–H groups in total. The molecule has 122 valence electrons. The van der Waals surface area contributed by atoms with Crippen molar-refractivity contribution in [2.75, 3.05) is 12.3 Å². The quantitative estimate of drug-likeness (QED) is 0.714. The van der Waals surface area contributed by atoms with Crippen LogP contribution in [0.3, 0.4) is 0 Å². The Hall–Kier alpha value is -2.15. The molecule has 0 bridgehead atoms. The van der Waals surface area contributed by atoms with Crippen molar-refractivity contribution < 1.29 is 24.2 Å². The number of hydrogen-bond donors (Lipinski definition) is 3. The second-order valence-electron chi connectivity index (χ2n) is 5.53. The summed E-state index contributed by atoms with van der Waals surface area (Å²) in [5.41, 5.74) is 5.24. The van der Waals surface area contributed by atoms with Crippen LogP contribution in [0, 0.1) is 0 Å². The van der Waals surface area contributed by atoms with E-state index in [0.29, 0.717) is 5.02 Å². The number of rotatable bonds is 5. The number of halogens is 1. The number of anilines is 1. The normalized spacial score (nSPS) is 12.4. The Morgan fingerprint density at radius 1 is 1.41 bits per heavy atom. The minimum Gasteiger partial charge on any atom is -0.489 e. The lowest BCUT2D eigenvalue weighted by Gasteiger charge is -2.22. The molecule has 0 spiro atoms. The van der Waals surface area contributed by atoms with Gasteiger partial charge in [0.2, 0.25) is 0 Å². The van der Waals surface area contributed by atoms with Crippen LogP contribution >= 0.6 is 11.6 Å². The second-order valence-corrected chi connectivity index (χ2v) is 5.97. The summed E-state index contributed by atoms with van der Waals surface area (Å²) < 4.78 is 10.3. The summed E-state index contributed by atoms with van der Waals surface area (Å²) in [7, 11) is 0. The first-order valence-electron chi connectivity index (χ1n) is 6.48. The van der Waals surface area contributed by atoms with Gasteiger partial charge in [0.25, 0.3) is 0 Å². The van der Waals surface area contributed by atoms with Crippen LogP contribution in [0.2, 0.25) is 5.02 Å². The third kappa shape index (κ3) is 6.09. The minimum atomic E-state index is -1.27. The van der Waals surface area contributed by atoms with Crippen LogP contribution < -0.4 is 15.8 Å². The van der Waals surface area contributed by atoms with Gasteiger partial charge < -0.3 is 25.6 Å². The van der Waals surface area contributed by atoms with E-state index < -0.39 is 23.7 Å². The summed E-state index contributed by atoms with van der Waals surface area (Å²) >= 11 is 5.76. The van der Waals surface area contributed by atoms with Crippen LogP contribution in [0.25, 0.3) is 0 Å². The molecule has 0 aliphatic heterocycles. The molecule has 1 aromatic carbocycles. The Morgan fingerprint density at radius 3 is 2.55 bits per heavy atom. The molecule has 0 fully saturated rings. The number of alkyl carbamates (subject to hydrolysis) is 1. The fourth-order valence-corrected chi connectivity index (χ4v) is 1.63. The Labute approximate surface area is 133 Å². The lowest BCUT2D eigenvalue weighted by atomic mass is 10.2. The molecule has 1 amide bonds. The number of carboxylic acid groups (broad SMARTS) is 1. The van der Waals surface area contributed by atoms with Crippen molar-refractivity contribution in [3.8, 4) is 5.75 Å². The molecule has 0 radical (unpaired) electrons. The Kier molecular flexibility index (Phi) is 5.87. The van der Waals surface area contributed by atoms with Gasteiger partial charge in [0, 0.05) is 5.02 Å². The first-order valence-corrected chi connectivity index (χ1v) is 6.86. The van der Waals surface area contributed by atoms with E-state index in [1.165, 1.54) is 12.1 Å². The molecule has 0 heterocycles. The highest BCUT2D eigenvalue weighted by molar-refractivity contribution is 6.30. The molecule has 22 heavy (non-hydrogen) atoms. The molecule has 8 heteroatoms. The molecule has 1 atom stereocenters. The zero-order valence-corrected chi connectivity index (χ0v) is 13.3. The lowest BCUT2D eigenvalue weighted by molar-refractivity contribution is -0.140. The average molecular weight is 331 g/mol. The van der Waals surface area contributed by atoms with Gasteiger partial charge in [0.05, 0.1) is 5.69 Å². The third-order valence-corrected chi connectivity index (χ3v) is 2.60. The van der Waals surface area contributed by atoms with Crippen molar-refractivity contribution in [3.63, 3.8) is 0 Å². The van der Waals surface area contributed by atoms with Gasteiger partial charge in [0.1, 0.15) is 18.0 Å². The van der Waals surface area contributed by atoms with E-state index in [1.54, 1.807) is 26.8 Å². The van der Waals surface area contributed by atoms with Crippen molar-refractivity contribution in [3.05, 3.63) is 23.2 Å². The minimum absolute atomic E-state index is 0.272. The van der Waals surface area contributed by atoms with Gasteiger partial charge in [-0.05, 0) is 39.0 Å². The molecule has 1 aromatic rings. The smallest absolute Gasteiger partial charge is 0.408 e. The molecule has 0 saturated carbocycles. The molecule has 0 saturated heterocycles. The van der Waals surface area contributed by atoms with Crippen molar-refractivity contribution >= 4 is 29.4 Å². The predicted molar refractivity (Wildman–Crippen MR) is 82.2 cm³/mol. The van der Waals surface area contributed by atoms with E-state index in [4.69, 9.17) is 31.9 Å². The van der Waals surface area contributed by atoms with E-state index in [0.717, 1.165) is 0 Å². The standard InChI is InChI=1S/C14H19ClN2O5/c1-14(2,3)22-13(20)17-10(12(18)19)7-21-11-5-4-8(15)6-9(11)16/h4-6,10H,7,16H2,1-3H3,(H,17,20)(H,18,19)/t10-/m0/s1. The molecule has 1 rings (SSSR count). The number of hydrogen-bond acceptors (Lipinski definition) is 5. The van der Waals surface area contributed by atoms with E-state index in [-0.39, 0.29) is 18.0 Å². The van der Waals surface area contributed by atoms with Crippen molar-refractivity contribution in [1.29, 1.82) is 0 Å². The number of amides is 1. The van der Waals surface area contributed by atoms with Gasteiger partial charge in [-0.1, -0.05) is 11.6 Å². The highest BCUT2D eigenvalue weighted by Gasteiger charge is 2.24. The molecule has 0 aromatic heterocycles. The van der Waals surface area contributed by atoms with Crippen LogP contribution in [0.5, 0.6) is 5.75 Å². The van der Waals surface area contributed by atoms with Crippen LogP contribution in [0.1, 0.15) is 20.8 Å². The lowest BCUT2D eigenvalue weighted by Crippen LogP contribution is -2.46. The van der Waals surface area contributed by atoms with Crippen LogP contribution in [0.4, 0.5) is 10.5 Å². The number of aliphatic carboxylic acids is 1. The van der Waals surface area contributed by atoms with Crippen LogP contribution in [-0.2, 0) is 9.53 Å². The molecular weight excluding hydrogens is 312 g/mol. The highest BCUT2D eigenvalue weighted by atomic mass is 35.5. The van der Waals surface area contributed by atoms with Crippen molar-refractivity contribution in [2.45, 2.75) is 32.4 Å². The summed E-state index contributed by atoms with van der Waals surface area (Å²) in [5.74, 6) is -0.972. The number of carbonyl (C=O) groups excluding carboxylic acids is 1. The Morgan fingerprint density at radius 2 is 2.05 bits per heavy atom. The first kappa shape index (κ1) is 17.9. The topological polar surface area (TPSA) is 111 Å². The van der Waals surface area contributed by atoms with Gasteiger partial charge in [-0.25, -0.2) is 9.59 Å². The summed E-state index contributed by atoms with van der Waals surface area (Å²) in [4.78, 5) is 22.8.